The molecule has 122 valence electrons. The fraction of sp³-hybridized carbons (Fsp3) is 0.722. The summed E-state index contributed by atoms with van der Waals surface area (Å²) in [5.74, 6) is -0.503. The number of nitrogens with one attached hydrogen (secondary N) is 1. The normalized spacial score (nSPS) is 34.7. The zero-order valence-corrected chi connectivity index (χ0v) is 13.5. The first-order valence-corrected chi connectivity index (χ1v) is 8.68. The van der Waals surface area contributed by atoms with Gasteiger partial charge < -0.3 is 14.7 Å². The summed E-state index contributed by atoms with van der Waals surface area (Å²) in [4.78, 5) is 14.3. The Bertz CT molecular complexity index is 467. The fourth-order valence-electron chi connectivity index (χ4n) is 4.24. The molecular formula is C18H28NO3+. The van der Waals surface area contributed by atoms with Crippen LogP contribution in [0.2, 0.25) is 0 Å². The third kappa shape index (κ3) is 2.99. The largest absolute Gasteiger partial charge is 0.454 e. The van der Waals surface area contributed by atoms with Gasteiger partial charge in [-0.2, -0.15) is 0 Å². The number of hydrogen-bond acceptors (Lipinski definition) is 3. The summed E-state index contributed by atoms with van der Waals surface area (Å²) in [7, 11) is 2.12. The Kier molecular flexibility index (Phi) is 4.69. The van der Waals surface area contributed by atoms with Crippen molar-refractivity contribution in [3.8, 4) is 0 Å². The molecule has 1 saturated heterocycles. The number of likely N-dealkylation sites (tertiary alicyclic amines) is 1. The second-order valence-electron chi connectivity index (χ2n) is 7.19. The van der Waals surface area contributed by atoms with E-state index in [4.69, 9.17) is 4.74 Å². The maximum atomic E-state index is 12.9. The molecule has 0 aromatic heterocycles. The number of rotatable bonds is 4. The van der Waals surface area contributed by atoms with Gasteiger partial charge in [0.1, 0.15) is 6.54 Å². The highest BCUT2D eigenvalue weighted by Crippen LogP contribution is 2.42. The van der Waals surface area contributed by atoms with Crippen LogP contribution in [-0.4, -0.2) is 42.9 Å². The van der Waals surface area contributed by atoms with Gasteiger partial charge in [-0.15, -0.1) is 0 Å². The molecule has 2 N–H and O–H groups in total. The Hall–Kier alpha value is -1.13. The van der Waals surface area contributed by atoms with E-state index in [-0.39, 0.29) is 23.9 Å². The molecule has 4 atom stereocenters. The van der Waals surface area contributed by atoms with Gasteiger partial charge in [0.2, 0.25) is 0 Å². The summed E-state index contributed by atoms with van der Waals surface area (Å²) in [6.45, 7) is 1.89. The first-order valence-electron chi connectivity index (χ1n) is 8.68. The molecule has 4 nitrogen and oxygen atoms in total. The van der Waals surface area contributed by atoms with Gasteiger partial charge in [-0.05, 0) is 25.2 Å². The van der Waals surface area contributed by atoms with Crippen molar-refractivity contribution in [2.75, 3.05) is 20.1 Å². The molecule has 0 bridgehead atoms. The maximum absolute atomic E-state index is 12.9. The van der Waals surface area contributed by atoms with Crippen LogP contribution in [0, 0.1) is 11.8 Å². The SMILES string of the molecule is C[NH+]1CCC(OC(=O)C(O)(C2C=CC=CC2)C2CCCC2)C1. The number of carbonyl (C=O) groups is 1. The minimum atomic E-state index is -1.35. The molecule has 0 aromatic rings. The van der Waals surface area contributed by atoms with Crippen molar-refractivity contribution in [2.24, 2.45) is 11.8 Å². The van der Waals surface area contributed by atoms with Crippen molar-refractivity contribution >= 4 is 5.97 Å². The Balaban J connectivity index is 1.76. The van der Waals surface area contributed by atoms with Crippen LogP contribution in [0.15, 0.2) is 24.3 Å². The van der Waals surface area contributed by atoms with Crippen LogP contribution in [0.1, 0.15) is 38.5 Å². The van der Waals surface area contributed by atoms with Gasteiger partial charge in [0.25, 0.3) is 0 Å². The number of hydrogen-bond donors (Lipinski definition) is 2. The van der Waals surface area contributed by atoms with E-state index in [1.54, 1.807) is 0 Å². The zero-order valence-electron chi connectivity index (χ0n) is 13.5. The number of esters is 1. The summed E-state index contributed by atoms with van der Waals surface area (Å²) in [6.07, 6.45) is 13.6. The average Bonchev–Trinajstić information content (AvgIpc) is 3.19. The second kappa shape index (κ2) is 6.55. The molecule has 1 saturated carbocycles. The van der Waals surface area contributed by atoms with Gasteiger partial charge in [0, 0.05) is 12.3 Å². The van der Waals surface area contributed by atoms with E-state index in [0.29, 0.717) is 6.42 Å². The van der Waals surface area contributed by atoms with Gasteiger partial charge in [-0.1, -0.05) is 37.1 Å². The zero-order chi connectivity index (χ0) is 15.6. The quantitative estimate of drug-likeness (QED) is 0.758. The minimum Gasteiger partial charge on any atom is -0.454 e. The van der Waals surface area contributed by atoms with Crippen LogP contribution >= 0.6 is 0 Å². The molecule has 4 heteroatoms. The standard InChI is InChI=1S/C18H27NO3/c1-19-12-11-16(13-19)22-17(20)18(21,15-9-5-6-10-15)14-7-3-2-4-8-14/h2-4,7,14-16,21H,5-6,8-13H2,1H3/p+1. The first-order chi connectivity index (χ1) is 10.6. The van der Waals surface area contributed by atoms with Crippen LogP contribution in [0.25, 0.3) is 0 Å². The first kappa shape index (κ1) is 15.8. The third-order valence-corrected chi connectivity index (χ3v) is 5.59. The number of aliphatic hydroxyl groups is 1. The summed E-state index contributed by atoms with van der Waals surface area (Å²) < 4.78 is 5.74. The molecule has 0 amide bonds. The van der Waals surface area contributed by atoms with E-state index in [1.165, 1.54) is 4.90 Å². The fourth-order valence-corrected chi connectivity index (χ4v) is 4.24. The smallest absolute Gasteiger partial charge is 0.339 e. The molecule has 3 aliphatic rings. The van der Waals surface area contributed by atoms with Gasteiger partial charge in [0.15, 0.2) is 11.7 Å². The van der Waals surface area contributed by atoms with Crippen molar-refractivity contribution < 1.29 is 19.5 Å². The maximum Gasteiger partial charge on any atom is 0.339 e. The Labute approximate surface area is 132 Å². The Morgan fingerprint density at radius 3 is 2.64 bits per heavy atom. The van der Waals surface area contributed by atoms with Crippen LogP contribution in [-0.2, 0) is 9.53 Å². The molecule has 3 rings (SSSR count). The number of carbonyl (C=O) groups excluding carboxylic acids is 1. The molecule has 2 aliphatic carbocycles. The summed E-state index contributed by atoms with van der Waals surface area (Å²) >= 11 is 0. The van der Waals surface area contributed by atoms with Crippen molar-refractivity contribution in [3.63, 3.8) is 0 Å². The van der Waals surface area contributed by atoms with Crippen molar-refractivity contribution in [2.45, 2.75) is 50.2 Å². The average molecular weight is 306 g/mol. The molecule has 0 radical (unpaired) electrons. The number of likely N-dealkylation sites (N-methyl/N-ethyl adjacent to an activating group) is 1. The molecule has 0 aromatic carbocycles. The third-order valence-electron chi connectivity index (χ3n) is 5.59. The van der Waals surface area contributed by atoms with Crippen LogP contribution < -0.4 is 4.90 Å². The highest BCUT2D eigenvalue weighted by molar-refractivity contribution is 5.81. The lowest BCUT2D eigenvalue weighted by molar-refractivity contribution is -0.867. The van der Waals surface area contributed by atoms with Crippen LogP contribution in [0.4, 0.5) is 0 Å². The predicted octanol–water partition coefficient (Wildman–Crippen LogP) is 0.870. The van der Waals surface area contributed by atoms with E-state index < -0.39 is 5.60 Å². The molecular weight excluding hydrogens is 278 g/mol. The monoisotopic (exact) mass is 306 g/mol. The highest BCUT2D eigenvalue weighted by atomic mass is 16.6. The number of ether oxygens (including phenoxy) is 1. The number of allylic oxidation sites excluding steroid dienone is 3. The number of quaternary nitrogens is 1. The Morgan fingerprint density at radius 2 is 2.05 bits per heavy atom. The molecule has 1 aliphatic heterocycles. The lowest BCUT2D eigenvalue weighted by Gasteiger charge is -2.38. The van der Waals surface area contributed by atoms with Gasteiger partial charge in [-0.3, -0.25) is 0 Å². The Morgan fingerprint density at radius 1 is 1.27 bits per heavy atom. The van der Waals surface area contributed by atoms with E-state index in [0.717, 1.165) is 45.2 Å². The van der Waals surface area contributed by atoms with Crippen molar-refractivity contribution in [3.05, 3.63) is 24.3 Å². The van der Waals surface area contributed by atoms with E-state index >= 15 is 0 Å². The van der Waals surface area contributed by atoms with Crippen molar-refractivity contribution in [1.29, 1.82) is 0 Å². The summed E-state index contributed by atoms with van der Waals surface area (Å²) in [5, 5.41) is 11.4. The van der Waals surface area contributed by atoms with Crippen LogP contribution in [0.3, 0.4) is 0 Å². The van der Waals surface area contributed by atoms with Gasteiger partial charge in [-0.25, -0.2) is 4.79 Å². The van der Waals surface area contributed by atoms with Gasteiger partial charge >= 0.3 is 5.97 Å². The van der Waals surface area contributed by atoms with Crippen LogP contribution in [0.5, 0.6) is 0 Å². The predicted molar refractivity (Wildman–Crippen MR) is 84.4 cm³/mol. The lowest BCUT2D eigenvalue weighted by atomic mass is 9.73. The van der Waals surface area contributed by atoms with E-state index in [1.807, 2.05) is 24.3 Å². The summed E-state index contributed by atoms with van der Waals surface area (Å²) in [5.41, 5.74) is -1.35. The minimum absolute atomic E-state index is 0.0348. The molecule has 4 unspecified atom stereocenters. The molecule has 1 heterocycles. The van der Waals surface area contributed by atoms with Gasteiger partial charge in [0.05, 0.1) is 13.6 Å². The molecule has 22 heavy (non-hydrogen) atoms. The topological polar surface area (TPSA) is 51.0 Å². The highest BCUT2D eigenvalue weighted by Gasteiger charge is 2.51. The lowest BCUT2D eigenvalue weighted by Crippen LogP contribution is -3.07. The molecule has 2 fully saturated rings. The van der Waals surface area contributed by atoms with Crippen molar-refractivity contribution in [1.82, 2.24) is 0 Å². The van der Waals surface area contributed by atoms with E-state index in [9.17, 15) is 9.90 Å². The summed E-state index contributed by atoms with van der Waals surface area (Å²) in [6, 6.07) is 0. The second-order valence-corrected chi connectivity index (χ2v) is 7.19. The van der Waals surface area contributed by atoms with E-state index in [2.05, 4.69) is 7.05 Å². The molecule has 0 spiro atoms.